The van der Waals surface area contributed by atoms with E-state index in [9.17, 15) is 28.7 Å². The van der Waals surface area contributed by atoms with Crippen molar-refractivity contribution >= 4 is 35.6 Å². The molecule has 0 spiro atoms. The summed E-state index contributed by atoms with van der Waals surface area (Å²) in [5, 5.41) is 22.0. The van der Waals surface area contributed by atoms with E-state index in [4.69, 9.17) is 32.8 Å². The fourth-order valence-corrected chi connectivity index (χ4v) is 4.24. The van der Waals surface area contributed by atoms with Crippen LogP contribution in [0.4, 0.5) is 4.39 Å². The number of phenols is 1. The number of aromatic hydroxyl groups is 1. The standard InChI is InChI=1S/C28H39FN8O5.C2H4O2/c1-2-37(23(25(31)40)15-18-5-3-6-19(29)13-18)24(39)16-35-27(42)22(7-4-12-34-28(32)33)36-26(41)21(30)14-17-8-10-20(38)11-9-17;1-2(3)4/h3,5-6,8-11,13,21-23,38H,2,4,7,12,14-16,30H2,1H3,(H2,31,40)(H,35,42)(H,36,41)(H4,32,33,34);1H3,(H,3,4)/t21-,22+,23+;/m0./s1. The number of amides is 4. The van der Waals surface area contributed by atoms with Crippen LogP contribution in [0.3, 0.4) is 0 Å². The Morgan fingerprint density at radius 3 is 2.15 bits per heavy atom. The van der Waals surface area contributed by atoms with Crippen LogP contribution < -0.4 is 33.6 Å². The van der Waals surface area contributed by atoms with Gasteiger partial charge in [0.05, 0.1) is 12.6 Å². The number of carbonyl (C=O) groups excluding carboxylic acids is 4. The summed E-state index contributed by atoms with van der Waals surface area (Å²) in [7, 11) is 0. The van der Waals surface area contributed by atoms with Gasteiger partial charge in [-0.1, -0.05) is 24.3 Å². The number of nitrogens with two attached hydrogens (primary N) is 4. The van der Waals surface area contributed by atoms with E-state index in [0.717, 1.165) is 6.92 Å². The van der Waals surface area contributed by atoms with Crippen molar-refractivity contribution in [2.24, 2.45) is 27.9 Å². The molecule has 2 rings (SSSR count). The molecular weight excluding hydrogens is 603 g/mol. The van der Waals surface area contributed by atoms with Gasteiger partial charge in [0.2, 0.25) is 23.6 Å². The number of nitrogens with one attached hydrogen (secondary N) is 2. The fourth-order valence-electron chi connectivity index (χ4n) is 4.24. The minimum atomic E-state index is -1.07. The molecule has 2 aromatic carbocycles. The molecule has 252 valence electrons. The summed E-state index contributed by atoms with van der Waals surface area (Å²) in [4.78, 5) is 65.3. The number of guanidine groups is 1. The van der Waals surface area contributed by atoms with Gasteiger partial charge >= 0.3 is 0 Å². The van der Waals surface area contributed by atoms with Crippen LogP contribution in [0.25, 0.3) is 0 Å². The zero-order chi connectivity index (χ0) is 34.8. The SMILES string of the molecule is CC(=O)O.CCN(C(=O)CNC(=O)[C@@H](CCCN=C(N)N)NC(=O)[C@@H](N)Cc1ccc(O)cc1)[C@H](Cc1cccc(F)c1)C(N)=O. The summed E-state index contributed by atoms with van der Waals surface area (Å²) in [6.45, 7) is 2.54. The van der Waals surface area contributed by atoms with Crippen LogP contribution in [-0.4, -0.2) is 88.4 Å². The van der Waals surface area contributed by atoms with Gasteiger partial charge in [-0.25, -0.2) is 4.39 Å². The predicted molar refractivity (Wildman–Crippen MR) is 168 cm³/mol. The Balaban J connectivity index is 0.00000249. The number of aliphatic carboxylic acids is 1. The highest BCUT2D eigenvalue weighted by Gasteiger charge is 2.29. The molecule has 0 bridgehead atoms. The minimum absolute atomic E-state index is 0.0109. The number of rotatable bonds is 16. The monoisotopic (exact) mass is 646 g/mol. The van der Waals surface area contributed by atoms with E-state index < -0.39 is 60.1 Å². The maximum Gasteiger partial charge on any atom is 0.300 e. The van der Waals surface area contributed by atoms with Crippen LogP contribution in [0.5, 0.6) is 5.75 Å². The molecule has 0 fully saturated rings. The van der Waals surface area contributed by atoms with Crippen LogP contribution >= 0.6 is 0 Å². The molecule has 0 unspecified atom stereocenters. The van der Waals surface area contributed by atoms with Crippen molar-refractivity contribution in [3.63, 3.8) is 0 Å². The number of likely N-dealkylation sites (N-methyl/N-ethyl adjacent to an activating group) is 1. The highest BCUT2D eigenvalue weighted by atomic mass is 19.1. The van der Waals surface area contributed by atoms with Crippen LogP contribution in [-0.2, 0) is 36.8 Å². The first-order valence-electron chi connectivity index (χ1n) is 14.3. The van der Waals surface area contributed by atoms with Crippen molar-refractivity contribution in [1.29, 1.82) is 0 Å². The third kappa shape index (κ3) is 15.0. The molecular formula is C30H43FN8O7. The van der Waals surface area contributed by atoms with E-state index in [-0.39, 0.29) is 44.1 Å². The molecule has 12 N–H and O–H groups in total. The number of primary amides is 1. The number of halogens is 1. The third-order valence-electron chi connectivity index (χ3n) is 6.40. The third-order valence-corrected chi connectivity index (χ3v) is 6.40. The number of carboxylic acids is 1. The largest absolute Gasteiger partial charge is 0.508 e. The van der Waals surface area contributed by atoms with E-state index in [1.54, 1.807) is 25.1 Å². The Morgan fingerprint density at radius 1 is 0.978 bits per heavy atom. The van der Waals surface area contributed by atoms with Crippen LogP contribution in [0.2, 0.25) is 0 Å². The molecule has 0 aliphatic rings. The van der Waals surface area contributed by atoms with Crippen LogP contribution in [0.15, 0.2) is 53.5 Å². The van der Waals surface area contributed by atoms with E-state index in [1.165, 1.54) is 35.2 Å². The number of carboxylic acid groups (broad SMARTS) is 1. The zero-order valence-electron chi connectivity index (χ0n) is 25.8. The van der Waals surface area contributed by atoms with Gasteiger partial charge in [0.25, 0.3) is 5.97 Å². The molecule has 0 aliphatic carbocycles. The molecule has 2 aromatic rings. The maximum absolute atomic E-state index is 13.6. The molecule has 3 atom stereocenters. The summed E-state index contributed by atoms with van der Waals surface area (Å²) < 4.78 is 13.6. The van der Waals surface area contributed by atoms with E-state index in [1.807, 2.05) is 0 Å². The minimum Gasteiger partial charge on any atom is -0.508 e. The normalized spacial score (nSPS) is 12.3. The number of hydrogen-bond donors (Lipinski definition) is 8. The van der Waals surface area contributed by atoms with E-state index >= 15 is 0 Å². The smallest absolute Gasteiger partial charge is 0.300 e. The van der Waals surface area contributed by atoms with Crippen LogP contribution in [0.1, 0.15) is 37.8 Å². The second kappa shape index (κ2) is 19.9. The van der Waals surface area contributed by atoms with Crippen molar-refractivity contribution < 1.29 is 38.6 Å². The Kier molecular flexibility index (Phi) is 16.8. The van der Waals surface area contributed by atoms with Gasteiger partial charge in [-0.3, -0.25) is 29.0 Å². The number of hydrogen-bond acceptors (Lipinski definition) is 8. The maximum atomic E-state index is 13.6. The molecule has 0 heterocycles. The van der Waals surface area contributed by atoms with Crippen molar-refractivity contribution in [1.82, 2.24) is 15.5 Å². The zero-order valence-corrected chi connectivity index (χ0v) is 25.8. The molecule has 0 aliphatic heterocycles. The van der Waals surface area contributed by atoms with Gasteiger partial charge in [0.15, 0.2) is 5.96 Å². The molecule has 0 saturated heterocycles. The molecule has 16 heteroatoms. The van der Waals surface area contributed by atoms with Crippen molar-refractivity contribution in [3.05, 3.63) is 65.5 Å². The van der Waals surface area contributed by atoms with Crippen molar-refractivity contribution in [3.8, 4) is 5.75 Å². The Morgan fingerprint density at radius 2 is 1.61 bits per heavy atom. The number of benzene rings is 2. The molecule has 0 aromatic heterocycles. The van der Waals surface area contributed by atoms with E-state index in [0.29, 0.717) is 17.5 Å². The molecule has 4 amide bonds. The predicted octanol–water partition coefficient (Wildman–Crippen LogP) is -0.908. The second-order valence-electron chi connectivity index (χ2n) is 10.2. The summed E-state index contributed by atoms with van der Waals surface area (Å²) in [5.74, 6) is -4.02. The summed E-state index contributed by atoms with van der Waals surface area (Å²) in [6.07, 6.45) is 0.604. The van der Waals surface area contributed by atoms with Crippen molar-refractivity contribution in [2.75, 3.05) is 19.6 Å². The molecule has 0 radical (unpaired) electrons. The summed E-state index contributed by atoms with van der Waals surface area (Å²) >= 11 is 0. The molecule has 46 heavy (non-hydrogen) atoms. The Bertz CT molecular complexity index is 1350. The van der Waals surface area contributed by atoms with Crippen molar-refractivity contribution in [2.45, 2.75) is 57.7 Å². The first-order valence-corrected chi connectivity index (χ1v) is 14.3. The van der Waals surface area contributed by atoms with Crippen LogP contribution in [0, 0.1) is 5.82 Å². The van der Waals surface area contributed by atoms with Gasteiger partial charge in [-0.15, -0.1) is 0 Å². The van der Waals surface area contributed by atoms with E-state index in [2.05, 4.69) is 15.6 Å². The highest BCUT2D eigenvalue weighted by Crippen LogP contribution is 2.13. The Hall–Kier alpha value is -5.25. The topological polar surface area (TPSA) is 270 Å². The second-order valence-corrected chi connectivity index (χ2v) is 10.2. The number of carbonyl (C=O) groups is 5. The lowest BCUT2D eigenvalue weighted by atomic mass is 10.0. The first kappa shape index (κ1) is 38.8. The molecule has 15 nitrogen and oxygen atoms in total. The lowest BCUT2D eigenvalue weighted by Crippen LogP contribution is -2.55. The first-order chi connectivity index (χ1) is 21.6. The van der Waals surface area contributed by atoms with Gasteiger partial charge in [-0.05, 0) is 61.6 Å². The van der Waals surface area contributed by atoms with Gasteiger partial charge in [-0.2, -0.15) is 0 Å². The lowest BCUT2D eigenvalue weighted by molar-refractivity contribution is -0.139. The fraction of sp³-hybridized carbons (Fsp3) is 0.400. The number of nitrogens with zero attached hydrogens (tertiary/aromatic N) is 2. The molecule has 0 saturated carbocycles. The average molecular weight is 647 g/mol. The average Bonchev–Trinajstić information content (AvgIpc) is 2.97. The lowest BCUT2D eigenvalue weighted by Gasteiger charge is -2.29. The Labute approximate surface area is 266 Å². The quantitative estimate of drug-likeness (QED) is 0.0632. The summed E-state index contributed by atoms with van der Waals surface area (Å²) in [6, 6.07) is 8.65. The van der Waals surface area contributed by atoms with Gasteiger partial charge < -0.3 is 48.7 Å². The van der Waals surface area contributed by atoms with Gasteiger partial charge in [0, 0.05) is 26.4 Å². The number of aliphatic imine (C=N–C) groups is 1. The van der Waals surface area contributed by atoms with Gasteiger partial charge in [0.1, 0.15) is 23.7 Å². The highest BCUT2D eigenvalue weighted by molar-refractivity contribution is 5.93. The summed E-state index contributed by atoms with van der Waals surface area (Å²) in [5.41, 5.74) is 23.5. The number of phenolic OH excluding ortho intramolecular Hbond substituents is 1.